The van der Waals surface area contributed by atoms with E-state index < -0.39 is 5.97 Å². The molecule has 0 aliphatic carbocycles. The first kappa shape index (κ1) is 9.55. The molecular weight excluding hydrogens is 269 g/mol. The van der Waals surface area contributed by atoms with E-state index in [1.54, 1.807) is 12.1 Å². The van der Waals surface area contributed by atoms with E-state index in [0.29, 0.717) is 15.9 Å². The highest BCUT2D eigenvalue weighted by Gasteiger charge is 2.12. The number of nitrogens with one attached hydrogen (secondary N) is 1. The molecule has 1 heterocycles. The van der Waals surface area contributed by atoms with Crippen LogP contribution in [-0.2, 0) is 0 Å². The van der Waals surface area contributed by atoms with Gasteiger partial charge in [-0.05, 0) is 12.1 Å². The number of H-pyrrole nitrogens is 1. The molecule has 14 heavy (non-hydrogen) atoms. The zero-order valence-electron chi connectivity index (χ0n) is 6.84. The Hall–Kier alpha value is -1.000. The third-order valence-electron chi connectivity index (χ3n) is 1.94. The predicted molar refractivity (Wildman–Crippen MR) is 58.0 cm³/mol. The monoisotopic (exact) mass is 273 g/mol. The number of hydrogen-bond acceptors (Lipinski definition) is 1. The van der Waals surface area contributed by atoms with Crippen LogP contribution in [0.1, 0.15) is 10.4 Å². The van der Waals surface area contributed by atoms with E-state index >= 15 is 0 Å². The highest BCUT2D eigenvalue weighted by Crippen LogP contribution is 2.29. The van der Waals surface area contributed by atoms with Crippen molar-refractivity contribution in [1.82, 2.24) is 4.98 Å². The summed E-state index contributed by atoms with van der Waals surface area (Å²) >= 11 is 9.19. The molecule has 2 rings (SSSR count). The highest BCUT2D eigenvalue weighted by molar-refractivity contribution is 9.10. The van der Waals surface area contributed by atoms with Crippen molar-refractivity contribution in [2.45, 2.75) is 0 Å². The van der Waals surface area contributed by atoms with E-state index in [4.69, 9.17) is 16.7 Å². The number of benzene rings is 1. The Balaban J connectivity index is 2.85. The van der Waals surface area contributed by atoms with Crippen molar-refractivity contribution in [2.24, 2.45) is 0 Å². The summed E-state index contributed by atoms with van der Waals surface area (Å²) in [6.07, 6.45) is 1.44. The predicted octanol–water partition coefficient (Wildman–Crippen LogP) is 3.28. The van der Waals surface area contributed by atoms with Gasteiger partial charge < -0.3 is 10.1 Å². The molecule has 0 fully saturated rings. The summed E-state index contributed by atoms with van der Waals surface area (Å²) in [5.74, 6) is -0.967. The van der Waals surface area contributed by atoms with Gasteiger partial charge in [-0.3, -0.25) is 0 Å². The maximum absolute atomic E-state index is 10.8. The van der Waals surface area contributed by atoms with Crippen molar-refractivity contribution in [3.05, 3.63) is 33.4 Å². The van der Waals surface area contributed by atoms with Gasteiger partial charge in [0.2, 0.25) is 0 Å². The molecule has 0 radical (unpaired) electrons. The Labute approximate surface area is 92.8 Å². The van der Waals surface area contributed by atoms with Crippen molar-refractivity contribution in [1.29, 1.82) is 0 Å². The zero-order chi connectivity index (χ0) is 10.3. The van der Waals surface area contributed by atoms with Crippen LogP contribution in [0.4, 0.5) is 0 Å². The van der Waals surface area contributed by atoms with Crippen LogP contribution >= 0.6 is 27.5 Å². The molecule has 5 heteroatoms. The molecule has 0 aliphatic rings. The Morgan fingerprint density at radius 1 is 1.50 bits per heavy atom. The maximum atomic E-state index is 10.8. The molecule has 0 unspecified atom stereocenters. The van der Waals surface area contributed by atoms with Gasteiger partial charge in [0.15, 0.2) is 0 Å². The van der Waals surface area contributed by atoms with E-state index in [2.05, 4.69) is 20.9 Å². The van der Waals surface area contributed by atoms with Gasteiger partial charge in [-0.15, -0.1) is 0 Å². The average Bonchev–Trinajstić information content (AvgIpc) is 2.47. The van der Waals surface area contributed by atoms with Crippen LogP contribution < -0.4 is 0 Å². The molecule has 2 N–H and O–H groups in total. The lowest BCUT2D eigenvalue weighted by Gasteiger charge is -1.96. The number of carboxylic acids is 1. The van der Waals surface area contributed by atoms with Crippen molar-refractivity contribution in [3.63, 3.8) is 0 Å². The molecule has 72 valence electrons. The normalized spacial score (nSPS) is 10.7. The minimum absolute atomic E-state index is 0.225. The number of carbonyl (C=O) groups is 1. The summed E-state index contributed by atoms with van der Waals surface area (Å²) in [5, 5.41) is 9.99. The zero-order valence-corrected chi connectivity index (χ0v) is 9.19. The van der Waals surface area contributed by atoms with Gasteiger partial charge in [0.1, 0.15) is 0 Å². The molecule has 2 aromatic rings. The van der Waals surface area contributed by atoms with E-state index in [0.717, 1.165) is 4.47 Å². The van der Waals surface area contributed by atoms with Gasteiger partial charge in [0.25, 0.3) is 0 Å². The minimum atomic E-state index is -0.967. The lowest BCUT2D eigenvalue weighted by molar-refractivity contribution is 0.0699. The largest absolute Gasteiger partial charge is 0.478 e. The average molecular weight is 275 g/mol. The number of rotatable bonds is 1. The summed E-state index contributed by atoms with van der Waals surface area (Å²) in [7, 11) is 0. The fourth-order valence-electron chi connectivity index (χ4n) is 1.33. The second kappa shape index (κ2) is 3.29. The van der Waals surface area contributed by atoms with Crippen LogP contribution in [0.3, 0.4) is 0 Å². The van der Waals surface area contributed by atoms with Gasteiger partial charge in [0.05, 0.1) is 16.1 Å². The van der Waals surface area contributed by atoms with Crippen LogP contribution in [-0.4, -0.2) is 16.1 Å². The second-order valence-electron chi connectivity index (χ2n) is 2.82. The molecule has 1 aromatic carbocycles. The van der Waals surface area contributed by atoms with Gasteiger partial charge in [0, 0.05) is 16.1 Å². The number of halogens is 2. The first-order valence-electron chi connectivity index (χ1n) is 3.79. The number of aromatic nitrogens is 1. The Kier molecular flexibility index (Phi) is 2.25. The first-order chi connectivity index (χ1) is 6.59. The summed E-state index contributed by atoms with van der Waals surface area (Å²) in [6.45, 7) is 0. The lowest BCUT2D eigenvalue weighted by atomic mass is 10.2. The minimum Gasteiger partial charge on any atom is -0.478 e. The quantitative estimate of drug-likeness (QED) is 0.838. The molecule has 1 aromatic heterocycles. The lowest BCUT2D eigenvalue weighted by Crippen LogP contribution is -1.93. The Morgan fingerprint density at radius 3 is 2.86 bits per heavy atom. The summed E-state index contributed by atoms with van der Waals surface area (Å²) < 4.78 is 0.761. The van der Waals surface area contributed by atoms with Crippen molar-refractivity contribution in [3.8, 4) is 0 Å². The van der Waals surface area contributed by atoms with E-state index in [1.807, 2.05) is 0 Å². The van der Waals surface area contributed by atoms with Gasteiger partial charge in [-0.25, -0.2) is 4.79 Å². The summed E-state index contributed by atoms with van der Waals surface area (Å²) in [6, 6.07) is 3.44. The van der Waals surface area contributed by atoms with Crippen molar-refractivity contribution in [2.75, 3.05) is 0 Å². The SMILES string of the molecule is O=C(O)c1c[nH]c2c(Cl)cc(Br)cc12. The van der Waals surface area contributed by atoms with Crippen molar-refractivity contribution >= 4 is 44.4 Å². The van der Waals surface area contributed by atoms with Gasteiger partial charge in [-0.2, -0.15) is 0 Å². The Morgan fingerprint density at radius 2 is 2.21 bits per heavy atom. The van der Waals surface area contributed by atoms with E-state index in [-0.39, 0.29) is 5.56 Å². The summed E-state index contributed by atoms with van der Waals surface area (Å²) in [4.78, 5) is 13.7. The number of fused-ring (bicyclic) bond motifs is 1. The Bertz CT molecular complexity index is 521. The topological polar surface area (TPSA) is 53.1 Å². The van der Waals surface area contributed by atoms with Crippen molar-refractivity contribution < 1.29 is 9.90 Å². The molecule has 0 atom stereocenters. The van der Waals surface area contributed by atoms with Gasteiger partial charge >= 0.3 is 5.97 Å². The van der Waals surface area contributed by atoms with Crippen LogP contribution in [0.25, 0.3) is 10.9 Å². The molecular formula is C9H5BrClNO2. The number of hydrogen-bond donors (Lipinski definition) is 2. The molecule has 3 nitrogen and oxygen atoms in total. The van der Waals surface area contributed by atoms with Crippen LogP contribution in [0.5, 0.6) is 0 Å². The summed E-state index contributed by atoms with van der Waals surface area (Å²) in [5.41, 5.74) is 0.871. The molecule has 0 amide bonds. The molecule has 0 saturated heterocycles. The molecule has 0 saturated carbocycles. The van der Waals surface area contributed by atoms with E-state index in [1.165, 1.54) is 6.20 Å². The molecule has 0 spiro atoms. The highest BCUT2D eigenvalue weighted by atomic mass is 79.9. The second-order valence-corrected chi connectivity index (χ2v) is 4.14. The van der Waals surface area contributed by atoms with Crippen LogP contribution in [0.2, 0.25) is 5.02 Å². The number of carboxylic acid groups (broad SMARTS) is 1. The molecule has 0 bridgehead atoms. The molecule has 0 aliphatic heterocycles. The van der Waals surface area contributed by atoms with Gasteiger partial charge in [-0.1, -0.05) is 27.5 Å². The standard InChI is InChI=1S/C9H5BrClNO2/c10-4-1-5-6(9(13)14)3-12-8(5)7(11)2-4/h1-3,12H,(H,13,14). The smallest absolute Gasteiger partial charge is 0.337 e. The third-order valence-corrected chi connectivity index (χ3v) is 2.69. The fraction of sp³-hybridized carbons (Fsp3) is 0. The van der Waals surface area contributed by atoms with Crippen LogP contribution in [0.15, 0.2) is 22.8 Å². The maximum Gasteiger partial charge on any atom is 0.337 e. The van der Waals surface area contributed by atoms with Crippen LogP contribution in [0, 0.1) is 0 Å². The first-order valence-corrected chi connectivity index (χ1v) is 4.96. The van der Waals surface area contributed by atoms with E-state index in [9.17, 15) is 4.79 Å². The number of aromatic carboxylic acids is 1. The fourth-order valence-corrected chi connectivity index (χ4v) is 2.20. The number of aromatic amines is 1. The third kappa shape index (κ3) is 1.40.